The second-order valence-electron chi connectivity index (χ2n) is 5.35. The van der Waals surface area contributed by atoms with Crippen LogP contribution in [0, 0.1) is 0 Å². The van der Waals surface area contributed by atoms with Gasteiger partial charge in [-0.15, -0.1) is 0 Å². The molecule has 0 bridgehead atoms. The summed E-state index contributed by atoms with van der Waals surface area (Å²) in [6.45, 7) is 0. The van der Waals surface area contributed by atoms with Crippen molar-refractivity contribution >= 4 is 17.8 Å². The van der Waals surface area contributed by atoms with Crippen molar-refractivity contribution in [3.8, 4) is 5.69 Å². The maximum atomic E-state index is 12.3. The number of hydroxylamine groups is 2. The van der Waals surface area contributed by atoms with Crippen LogP contribution in [0.4, 0.5) is 0 Å². The van der Waals surface area contributed by atoms with Crippen LogP contribution >= 0.6 is 0 Å². The minimum absolute atomic E-state index is 0.218. The highest BCUT2D eigenvalue weighted by atomic mass is 16.7. The highest BCUT2D eigenvalue weighted by Crippen LogP contribution is 2.23. The number of benzene rings is 2. The van der Waals surface area contributed by atoms with Gasteiger partial charge in [-0.3, -0.25) is 9.59 Å². The van der Waals surface area contributed by atoms with E-state index >= 15 is 0 Å². The molecule has 0 saturated carbocycles. The summed E-state index contributed by atoms with van der Waals surface area (Å²) in [6.07, 6.45) is 5.04. The first kappa shape index (κ1) is 14.8. The third-order valence-corrected chi connectivity index (χ3v) is 3.84. The van der Waals surface area contributed by atoms with Crippen molar-refractivity contribution in [2.24, 2.45) is 0 Å². The Morgan fingerprint density at radius 3 is 2.12 bits per heavy atom. The molecule has 2 aromatic carbocycles. The zero-order valence-corrected chi connectivity index (χ0v) is 12.8. The first-order valence-corrected chi connectivity index (χ1v) is 7.43. The molecule has 3 aromatic rings. The van der Waals surface area contributed by atoms with Crippen LogP contribution in [-0.2, 0) is 4.84 Å². The summed E-state index contributed by atoms with van der Waals surface area (Å²) < 4.78 is 1.78. The van der Waals surface area contributed by atoms with Crippen molar-refractivity contribution < 1.29 is 19.2 Å². The molecule has 0 unspecified atom stereocenters. The Morgan fingerprint density at radius 2 is 1.56 bits per heavy atom. The van der Waals surface area contributed by atoms with Gasteiger partial charge in [-0.25, -0.2) is 9.78 Å². The maximum absolute atomic E-state index is 12.3. The normalized spacial score (nSPS) is 13.0. The Kier molecular flexibility index (Phi) is 3.39. The predicted octanol–water partition coefficient (Wildman–Crippen LogP) is 2.24. The van der Waals surface area contributed by atoms with E-state index in [1.165, 1.54) is 12.1 Å². The molecular formula is C18H11N3O4. The largest absolute Gasteiger partial charge is 0.363 e. The van der Waals surface area contributed by atoms with Crippen molar-refractivity contribution in [1.29, 1.82) is 0 Å². The highest BCUT2D eigenvalue weighted by molar-refractivity contribution is 6.21. The molecule has 2 heterocycles. The molecule has 0 fully saturated rings. The Bertz CT molecular complexity index is 943. The number of carbonyl (C=O) groups excluding carboxylic acids is 3. The molecule has 1 aromatic heterocycles. The lowest BCUT2D eigenvalue weighted by atomic mass is 10.1. The van der Waals surface area contributed by atoms with E-state index < -0.39 is 17.8 Å². The molecule has 7 heteroatoms. The zero-order chi connectivity index (χ0) is 17.4. The number of rotatable bonds is 3. The van der Waals surface area contributed by atoms with Crippen LogP contribution < -0.4 is 0 Å². The number of amides is 2. The molecular weight excluding hydrogens is 322 g/mol. The summed E-state index contributed by atoms with van der Waals surface area (Å²) in [5, 5.41) is 0.497. The van der Waals surface area contributed by atoms with E-state index in [9.17, 15) is 14.4 Å². The van der Waals surface area contributed by atoms with Crippen LogP contribution in [0.5, 0.6) is 0 Å². The van der Waals surface area contributed by atoms with Crippen LogP contribution in [0.3, 0.4) is 0 Å². The lowest BCUT2D eigenvalue weighted by Crippen LogP contribution is -2.32. The summed E-state index contributed by atoms with van der Waals surface area (Å²) >= 11 is 0. The van der Waals surface area contributed by atoms with Crippen molar-refractivity contribution in [3.05, 3.63) is 83.9 Å². The molecule has 0 saturated heterocycles. The van der Waals surface area contributed by atoms with E-state index in [1.54, 1.807) is 59.7 Å². The second-order valence-corrected chi connectivity index (χ2v) is 5.35. The van der Waals surface area contributed by atoms with Crippen molar-refractivity contribution in [1.82, 2.24) is 14.6 Å². The second kappa shape index (κ2) is 5.72. The lowest BCUT2D eigenvalue weighted by Gasteiger charge is -2.12. The lowest BCUT2D eigenvalue weighted by molar-refractivity contribution is -0.0584. The van der Waals surface area contributed by atoms with Crippen molar-refractivity contribution in [3.63, 3.8) is 0 Å². The number of nitrogens with zero attached hydrogens (tertiary/aromatic N) is 3. The fourth-order valence-corrected chi connectivity index (χ4v) is 2.57. The van der Waals surface area contributed by atoms with Crippen molar-refractivity contribution in [2.75, 3.05) is 0 Å². The van der Waals surface area contributed by atoms with E-state index in [-0.39, 0.29) is 16.7 Å². The third-order valence-electron chi connectivity index (χ3n) is 3.84. The molecule has 1 aliphatic heterocycles. The number of carbonyl (C=O) groups is 3. The van der Waals surface area contributed by atoms with Gasteiger partial charge in [0.05, 0.1) is 23.0 Å². The van der Waals surface area contributed by atoms with E-state index in [0.29, 0.717) is 5.06 Å². The molecule has 0 spiro atoms. The standard InChI is InChI=1S/C18H11N3O4/c22-16-14-3-1-2-4-15(14)17(23)21(16)25-18(24)12-5-7-13(8-6-12)20-10-9-19-11-20/h1-11H. The number of imide groups is 1. The zero-order valence-electron chi connectivity index (χ0n) is 12.8. The van der Waals surface area contributed by atoms with Gasteiger partial charge in [-0.2, -0.15) is 0 Å². The van der Waals surface area contributed by atoms with Gasteiger partial charge in [0, 0.05) is 18.1 Å². The van der Waals surface area contributed by atoms with E-state index in [4.69, 9.17) is 4.84 Å². The smallest absolute Gasteiger partial charge is 0.324 e. The summed E-state index contributed by atoms with van der Waals surface area (Å²) in [4.78, 5) is 45.6. The van der Waals surface area contributed by atoms with Gasteiger partial charge >= 0.3 is 5.97 Å². The molecule has 4 rings (SSSR count). The van der Waals surface area contributed by atoms with E-state index in [0.717, 1.165) is 5.69 Å². The van der Waals surface area contributed by atoms with Crippen LogP contribution in [0.15, 0.2) is 67.3 Å². The first-order valence-electron chi connectivity index (χ1n) is 7.43. The van der Waals surface area contributed by atoms with E-state index in [2.05, 4.69) is 4.98 Å². The molecule has 0 atom stereocenters. The Balaban J connectivity index is 1.53. The van der Waals surface area contributed by atoms with Gasteiger partial charge in [-0.1, -0.05) is 17.2 Å². The molecule has 0 N–H and O–H groups in total. The molecule has 0 aliphatic carbocycles. The minimum atomic E-state index is -0.785. The van der Waals surface area contributed by atoms with Crippen LogP contribution in [0.2, 0.25) is 0 Å². The van der Waals surface area contributed by atoms with Gasteiger partial charge in [0.1, 0.15) is 0 Å². The maximum Gasteiger partial charge on any atom is 0.363 e. The van der Waals surface area contributed by atoms with E-state index in [1.807, 2.05) is 0 Å². The molecule has 25 heavy (non-hydrogen) atoms. The summed E-state index contributed by atoms with van der Waals surface area (Å²) in [5.74, 6) is -2.08. The van der Waals surface area contributed by atoms with Crippen LogP contribution in [0.25, 0.3) is 5.69 Å². The number of imidazole rings is 1. The Morgan fingerprint density at radius 1 is 0.920 bits per heavy atom. The minimum Gasteiger partial charge on any atom is -0.324 e. The third kappa shape index (κ3) is 2.47. The fourth-order valence-electron chi connectivity index (χ4n) is 2.57. The quantitative estimate of drug-likeness (QED) is 0.687. The number of hydrogen-bond donors (Lipinski definition) is 0. The van der Waals surface area contributed by atoms with Crippen LogP contribution in [0.1, 0.15) is 31.1 Å². The Labute approximate surface area is 142 Å². The SMILES string of the molecule is O=C(ON1C(=O)c2ccccc2C1=O)c1ccc(-n2ccnc2)cc1. The van der Waals surface area contributed by atoms with Gasteiger partial charge in [0.2, 0.25) is 0 Å². The molecule has 0 radical (unpaired) electrons. The number of hydrogen-bond acceptors (Lipinski definition) is 5. The van der Waals surface area contributed by atoms with Gasteiger partial charge in [-0.05, 0) is 36.4 Å². The topological polar surface area (TPSA) is 81.5 Å². The van der Waals surface area contributed by atoms with Crippen molar-refractivity contribution in [2.45, 2.75) is 0 Å². The molecule has 1 aliphatic rings. The molecule has 2 amide bonds. The fraction of sp³-hybridized carbons (Fsp3) is 0. The molecule has 122 valence electrons. The average molecular weight is 333 g/mol. The summed E-state index contributed by atoms with van der Waals surface area (Å²) in [6, 6.07) is 12.8. The number of aromatic nitrogens is 2. The number of fused-ring (bicyclic) bond motifs is 1. The highest BCUT2D eigenvalue weighted by Gasteiger charge is 2.38. The van der Waals surface area contributed by atoms with Gasteiger partial charge in [0.25, 0.3) is 11.8 Å². The summed E-state index contributed by atoms with van der Waals surface area (Å²) in [7, 11) is 0. The van der Waals surface area contributed by atoms with Gasteiger partial charge < -0.3 is 9.40 Å². The van der Waals surface area contributed by atoms with Crippen LogP contribution in [-0.4, -0.2) is 32.4 Å². The summed E-state index contributed by atoms with van der Waals surface area (Å²) in [5.41, 5.74) is 1.47. The molecule has 7 nitrogen and oxygen atoms in total. The van der Waals surface area contributed by atoms with Gasteiger partial charge in [0.15, 0.2) is 0 Å². The predicted molar refractivity (Wildman–Crippen MR) is 85.9 cm³/mol. The monoisotopic (exact) mass is 333 g/mol. The average Bonchev–Trinajstić information content (AvgIpc) is 3.26. The Hall–Kier alpha value is -3.74. The first-order chi connectivity index (χ1) is 12.1.